The fourth-order valence-electron chi connectivity index (χ4n) is 8.30. The molecule has 53 heavy (non-hydrogen) atoms. The number of aliphatic hydroxyl groups excluding tert-OH is 1. The average Bonchev–Trinajstić information content (AvgIpc) is 3.44. The number of epoxide rings is 1. The second-order valence-corrected chi connectivity index (χ2v) is 16.3. The number of nitrogens with one attached hydrogen (secondary N) is 3. The Bertz CT molecular complexity index is 2120. The van der Waals surface area contributed by atoms with Gasteiger partial charge in [0.25, 0.3) is 0 Å². The number of amides is 1. The number of hydrogen-bond acceptors (Lipinski definition) is 11. The van der Waals surface area contributed by atoms with Crippen LogP contribution >= 0.6 is 22.7 Å². The molecule has 2 aromatic carbocycles. The maximum absolute atomic E-state index is 13.6. The first-order valence-electron chi connectivity index (χ1n) is 17.7. The maximum atomic E-state index is 13.6. The number of nitrogens with zero attached hydrogens (tertiary/aromatic N) is 1. The number of carbonyl (C=O) groups excluding carboxylic acids is 2. The van der Waals surface area contributed by atoms with Gasteiger partial charge in [-0.3, -0.25) is 9.59 Å². The van der Waals surface area contributed by atoms with Crippen LogP contribution < -0.4 is 16.2 Å². The average molecular weight is 758 g/mol. The van der Waals surface area contributed by atoms with Gasteiger partial charge >= 0.3 is 5.97 Å². The van der Waals surface area contributed by atoms with Gasteiger partial charge < -0.3 is 44.9 Å². The zero-order valence-electron chi connectivity index (χ0n) is 28.9. The molecule has 6 heterocycles. The number of phenols is 1. The van der Waals surface area contributed by atoms with Crippen molar-refractivity contribution in [3.05, 3.63) is 115 Å². The smallest absolute Gasteiger partial charge is 0.349 e. The highest BCUT2D eigenvalue weighted by molar-refractivity contribution is 7.12. The Hall–Kier alpha value is -4.41. The molecule has 3 aromatic heterocycles. The van der Waals surface area contributed by atoms with Gasteiger partial charge in [0.1, 0.15) is 36.1 Å². The van der Waals surface area contributed by atoms with Gasteiger partial charge in [-0.15, -0.1) is 22.7 Å². The normalized spacial score (nSPS) is 25.2. The number of esters is 1. The van der Waals surface area contributed by atoms with Gasteiger partial charge in [0.2, 0.25) is 17.1 Å². The molecular weight excluding hydrogens is 717 g/mol. The van der Waals surface area contributed by atoms with E-state index >= 15 is 0 Å². The van der Waals surface area contributed by atoms with E-state index in [1.165, 1.54) is 34.8 Å². The summed E-state index contributed by atoms with van der Waals surface area (Å²) < 4.78 is 12.8. The van der Waals surface area contributed by atoms with Crippen LogP contribution in [-0.2, 0) is 31.2 Å². The Morgan fingerprint density at radius 2 is 1.68 bits per heavy atom. The number of aromatic amines is 1. The molecule has 12 nitrogen and oxygen atoms in total. The van der Waals surface area contributed by atoms with Crippen molar-refractivity contribution >= 4 is 51.1 Å². The molecule has 5 aromatic rings. The molecule has 5 atom stereocenters. The summed E-state index contributed by atoms with van der Waals surface area (Å²) in [7, 11) is 2.17. The number of hydrogen-bond donors (Lipinski definition) is 6. The molecule has 3 aliphatic rings. The predicted molar refractivity (Wildman–Crippen MR) is 201 cm³/mol. The number of likely N-dealkylation sites (N-methyl/N-ethyl adjacent to an activating group) is 1. The van der Waals surface area contributed by atoms with Crippen molar-refractivity contribution in [3.8, 4) is 5.75 Å². The molecule has 0 saturated carbocycles. The van der Waals surface area contributed by atoms with E-state index < -0.39 is 17.7 Å². The number of ether oxygens (including phenoxy) is 2. The van der Waals surface area contributed by atoms with Crippen LogP contribution in [0, 0.1) is 0 Å². The van der Waals surface area contributed by atoms with Gasteiger partial charge in [-0.2, -0.15) is 0 Å². The first-order chi connectivity index (χ1) is 25.5. The van der Waals surface area contributed by atoms with Crippen molar-refractivity contribution in [1.82, 2.24) is 10.3 Å². The molecule has 8 rings (SSSR count). The summed E-state index contributed by atoms with van der Waals surface area (Å²) in [5.41, 5.74) is 0.359. The summed E-state index contributed by atoms with van der Waals surface area (Å²) >= 11 is 2.65. The fourth-order valence-corrected chi connectivity index (χ4v) is 10.0. The lowest BCUT2D eigenvalue weighted by atomic mass is 9.94. The predicted octanol–water partition coefficient (Wildman–Crippen LogP) is 4.12. The Labute approximate surface area is 313 Å². The molecular formula is C39H41N4O8S2+. The molecule has 0 aliphatic carbocycles. The van der Waals surface area contributed by atoms with Crippen LogP contribution in [0.1, 0.15) is 46.2 Å². The number of thiophene rings is 2. The molecule has 6 N–H and O–H groups in total. The van der Waals surface area contributed by atoms with Crippen molar-refractivity contribution in [2.75, 3.05) is 25.5 Å². The molecule has 1 amide bonds. The molecule has 0 spiro atoms. The molecule has 14 heteroatoms. The second-order valence-electron chi connectivity index (χ2n) is 14.4. The van der Waals surface area contributed by atoms with E-state index in [1.807, 2.05) is 47.2 Å². The number of anilines is 1. The third-order valence-corrected chi connectivity index (χ3v) is 13.1. The van der Waals surface area contributed by atoms with Crippen molar-refractivity contribution in [2.24, 2.45) is 0 Å². The summed E-state index contributed by atoms with van der Waals surface area (Å²) in [6, 6.07) is 20.9. The molecule has 276 valence electrons. The molecule has 3 fully saturated rings. The van der Waals surface area contributed by atoms with Gasteiger partial charge in [-0.05, 0) is 58.3 Å². The number of quaternary nitrogens is 1. The number of aromatic hydroxyl groups is 1. The first kappa shape index (κ1) is 35.6. The number of piperidine rings is 1. The van der Waals surface area contributed by atoms with Crippen LogP contribution in [0.5, 0.6) is 5.75 Å². The van der Waals surface area contributed by atoms with Crippen molar-refractivity contribution in [2.45, 2.75) is 67.9 Å². The number of aromatic nitrogens is 1. The molecule has 3 saturated heterocycles. The standard InChI is InChI=1S/C39H40N4O8S2/c1-43(27-18-24(19-28(43)37-36(27)51-37)50-38(48)39(49,31-4-2-16-52-31)32-5-3-17-53-32)15-14-34(47)41-23-8-6-22(7-9-23)20-40-21-30(45)25-10-12-29(44)35-26(25)11-13-33(46)42-35/h2-13,16-17,24,27-28,30,36-37,40,45,49H,14-15,18-21H2,1H3,(H2-,41,42,44,46,47)/p+1/t24?,27?,28?,30-,36?,37?,43?/m0/s1. The van der Waals surface area contributed by atoms with Gasteiger partial charge in [0.15, 0.2) is 0 Å². The van der Waals surface area contributed by atoms with E-state index in [1.54, 1.807) is 24.3 Å². The monoisotopic (exact) mass is 757 g/mol. The Morgan fingerprint density at radius 3 is 2.32 bits per heavy atom. The van der Waals surface area contributed by atoms with E-state index in [-0.39, 0.29) is 59.7 Å². The largest absolute Gasteiger partial charge is 0.506 e. The van der Waals surface area contributed by atoms with Gasteiger partial charge in [0, 0.05) is 43.1 Å². The minimum Gasteiger partial charge on any atom is -0.506 e. The molecule has 3 aliphatic heterocycles. The number of H-pyrrole nitrogens is 1. The maximum Gasteiger partial charge on any atom is 0.349 e. The number of carbonyl (C=O) groups is 2. The Morgan fingerprint density at radius 1 is 1.00 bits per heavy atom. The quantitative estimate of drug-likeness (QED) is 0.0587. The first-order valence-corrected chi connectivity index (χ1v) is 19.4. The van der Waals surface area contributed by atoms with Gasteiger partial charge in [-0.25, -0.2) is 4.79 Å². The summed E-state index contributed by atoms with van der Waals surface area (Å²) in [6.45, 7) is 1.36. The lowest BCUT2D eigenvalue weighted by Gasteiger charge is -2.48. The highest BCUT2D eigenvalue weighted by atomic mass is 32.1. The zero-order chi connectivity index (χ0) is 36.9. The summed E-state index contributed by atoms with van der Waals surface area (Å²) in [5.74, 6) is -0.794. The number of phenolic OH excluding ortho intramolecular Hbond substituents is 1. The Kier molecular flexibility index (Phi) is 9.47. The lowest BCUT2D eigenvalue weighted by molar-refractivity contribution is -0.955. The van der Waals surface area contributed by atoms with Gasteiger partial charge in [-0.1, -0.05) is 30.3 Å². The number of benzene rings is 2. The summed E-state index contributed by atoms with van der Waals surface area (Å²) in [4.78, 5) is 42.2. The van der Waals surface area contributed by atoms with Crippen LogP contribution in [0.15, 0.2) is 88.4 Å². The minimum absolute atomic E-state index is 0.0573. The molecule has 2 bridgehead atoms. The molecule has 0 radical (unpaired) electrons. The highest BCUT2D eigenvalue weighted by Crippen LogP contribution is 2.53. The SMILES string of the molecule is C[N+]1(CCC(=O)Nc2ccc(CNC[C@H](O)c3ccc(O)c4[nH]c(=O)ccc34)cc2)C2CC(OC(=O)C(O)(c3cccs3)c3cccs3)CC1C1OC12. The minimum atomic E-state index is -1.85. The van der Waals surface area contributed by atoms with Crippen LogP contribution in [0.25, 0.3) is 10.9 Å². The number of rotatable bonds is 13. The fraction of sp³-hybridized carbons (Fsp3) is 0.359. The van der Waals surface area contributed by atoms with Crippen molar-refractivity contribution < 1.29 is 38.9 Å². The number of aliphatic hydroxyl groups is 2. The van der Waals surface area contributed by atoms with E-state index in [0.717, 1.165) is 5.56 Å². The highest BCUT2D eigenvalue weighted by Gasteiger charge is 2.72. The van der Waals surface area contributed by atoms with E-state index in [2.05, 4.69) is 22.7 Å². The topological polar surface area (TPSA) is 174 Å². The van der Waals surface area contributed by atoms with E-state index in [9.17, 15) is 29.7 Å². The third kappa shape index (κ3) is 6.69. The van der Waals surface area contributed by atoms with E-state index in [4.69, 9.17) is 9.47 Å². The third-order valence-electron chi connectivity index (χ3n) is 11.2. The zero-order valence-corrected chi connectivity index (χ0v) is 30.6. The van der Waals surface area contributed by atoms with Crippen molar-refractivity contribution in [1.29, 1.82) is 0 Å². The number of fused-ring (bicyclic) bond motifs is 6. The van der Waals surface area contributed by atoms with Crippen LogP contribution in [-0.4, -0.2) is 87.2 Å². The lowest BCUT2D eigenvalue weighted by Crippen LogP contribution is -2.63. The van der Waals surface area contributed by atoms with E-state index in [0.29, 0.717) is 63.2 Å². The number of pyridine rings is 1. The summed E-state index contributed by atoms with van der Waals surface area (Å²) in [5, 5.41) is 43.2. The second kappa shape index (κ2) is 14.1. The van der Waals surface area contributed by atoms with Crippen LogP contribution in [0.4, 0.5) is 5.69 Å². The molecule has 4 unspecified atom stereocenters. The van der Waals surface area contributed by atoms with Crippen LogP contribution in [0.3, 0.4) is 0 Å². The van der Waals surface area contributed by atoms with Crippen LogP contribution in [0.2, 0.25) is 0 Å². The Balaban J connectivity index is 0.826. The summed E-state index contributed by atoms with van der Waals surface area (Å²) in [6.07, 6.45) is 0.475. The number of morpholine rings is 1. The van der Waals surface area contributed by atoms with Crippen molar-refractivity contribution in [3.63, 3.8) is 0 Å². The van der Waals surface area contributed by atoms with Gasteiger partial charge in [0.05, 0.1) is 41.4 Å².